The molecule has 0 aliphatic carbocycles. The zero-order valence-corrected chi connectivity index (χ0v) is 13.1. The van der Waals surface area contributed by atoms with E-state index >= 15 is 0 Å². The number of esters is 1. The van der Waals surface area contributed by atoms with Crippen LogP contribution in [0.25, 0.3) is 0 Å². The van der Waals surface area contributed by atoms with Gasteiger partial charge >= 0.3 is 5.97 Å². The van der Waals surface area contributed by atoms with Gasteiger partial charge in [0.1, 0.15) is 11.8 Å². The van der Waals surface area contributed by atoms with Crippen molar-refractivity contribution in [1.82, 2.24) is 0 Å². The summed E-state index contributed by atoms with van der Waals surface area (Å²) in [7, 11) is 0. The average molecular weight is 293 g/mol. The Morgan fingerprint density at radius 1 is 1.10 bits per heavy atom. The SMILES string of the molecule is CCCCOC(=O)C(N)Cc1ccc(OCCCC)cc1. The maximum absolute atomic E-state index is 11.7. The van der Waals surface area contributed by atoms with Gasteiger partial charge in [-0.15, -0.1) is 0 Å². The van der Waals surface area contributed by atoms with Crippen LogP contribution in [-0.4, -0.2) is 25.2 Å². The van der Waals surface area contributed by atoms with Gasteiger partial charge in [0.15, 0.2) is 0 Å². The van der Waals surface area contributed by atoms with Gasteiger partial charge in [0.2, 0.25) is 0 Å². The fourth-order valence-electron chi connectivity index (χ4n) is 1.82. The Kier molecular flexibility index (Phi) is 8.51. The first-order valence-corrected chi connectivity index (χ1v) is 7.81. The highest BCUT2D eigenvalue weighted by Gasteiger charge is 2.15. The van der Waals surface area contributed by atoms with Crippen molar-refractivity contribution >= 4 is 5.97 Å². The number of hydrogen-bond acceptors (Lipinski definition) is 4. The summed E-state index contributed by atoms with van der Waals surface area (Å²) in [5, 5.41) is 0. The van der Waals surface area contributed by atoms with Crippen LogP contribution in [0.4, 0.5) is 0 Å². The van der Waals surface area contributed by atoms with Crippen LogP contribution in [0.15, 0.2) is 24.3 Å². The predicted octanol–water partition coefficient (Wildman–Crippen LogP) is 3.08. The van der Waals surface area contributed by atoms with E-state index < -0.39 is 6.04 Å². The second-order valence-electron chi connectivity index (χ2n) is 5.18. The third-order valence-corrected chi connectivity index (χ3v) is 3.19. The van der Waals surface area contributed by atoms with Gasteiger partial charge in [0, 0.05) is 0 Å². The van der Waals surface area contributed by atoms with Crippen LogP contribution >= 0.6 is 0 Å². The molecule has 4 nitrogen and oxygen atoms in total. The van der Waals surface area contributed by atoms with Crippen molar-refractivity contribution in [3.8, 4) is 5.75 Å². The quantitative estimate of drug-likeness (QED) is 0.532. The van der Waals surface area contributed by atoms with Crippen molar-refractivity contribution < 1.29 is 14.3 Å². The maximum atomic E-state index is 11.7. The molecule has 0 aliphatic heterocycles. The van der Waals surface area contributed by atoms with Crippen LogP contribution < -0.4 is 10.5 Å². The van der Waals surface area contributed by atoms with Gasteiger partial charge in [-0.2, -0.15) is 0 Å². The van der Waals surface area contributed by atoms with E-state index in [4.69, 9.17) is 15.2 Å². The highest BCUT2D eigenvalue weighted by molar-refractivity contribution is 5.75. The van der Waals surface area contributed by atoms with E-state index in [9.17, 15) is 4.79 Å². The number of carbonyl (C=O) groups excluding carboxylic acids is 1. The Bertz CT molecular complexity index is 403. The van der Waals surface area contributed by atoms with Crippen molar-refractivity contribution in [1.29, 1.82) is 0 Å². The van der Waals surface area contributed by atoms with E-state index in [1.807, 2.05) is 24.3 Å². The Labute approximate surface area is 127 Å². The van der Waals surface area contributed by atoms with E-state index in [2.05, 4.69) is 13.8 Å². The molecule has 0 saturated heterocycles. The molecular weight excluding hydrogens is 266 g/mol. The molecule has 0 fully saturated rings. The lowest BCUT2D eigenvalue weighted by Crippen LogP contribution is -2.34. The summed E-state index contributed by atoms with van der Waals surface area (Å²) in [6, 6.07) is 7.12. The topological polar surface area (TPSA) is 61.5 Å². The van der Waals surface area contributed by atoms with E-state index in [1.165, 1.54) is 0 Å². The summed E-state index contributed by atoms with van der Waals surface area (Å²) in [5.41, 5.74) is 6.87. The molecule has 21 heavy (non-hydrogen) atoms. The minimum Gasteiger partial charge on any atom is -0.494 e. The Morgan fingerprint density at radius 2 is 1.71 bits per heavy atom. The summed E-state index contributed by atoms with van der Waals surface area (Å²) in [5.74, 6) is 0.526. The number of nitrogens with two attached hydrogens (primary N) is 1. The minimum absolute atomic E-state index is 0.327. The maximum Gasteiger partial charge on any atom is 0.323 e. The molecule has 1 rings (SSSR count). The van der Waals surface area contributed by atoms with E-state index in [0.29, 0.717) is 13.0 Å². The number of hydrogen-bond donors (Lipinski definition) is 1. The molecule has 1 unspecified atom stereocenters. The largest absolute Gasteiger partial charge is 0.494 e. The van der Waals surface area contributed by atoms with Crippen molar-refractivity contribution in [3.05, 3.63) is 29.8 Å². The summed E-state index contributed by atoms with van der Waals surface area (Å²) in [6.45, 7) is 5.37. The molecule has 118 valence electrons. The molecule has 1 aromatic carbocycles. The van der Waals surface area contributed by atoms with Crippen molar-refractivity contribution in [3.63, 3.8) is 0 Å². The molecule has 1 atom stereocenters. The lowest BCUT2D eigenvalue weighted by molar-refractivity contribution is -0.145. The smallest absolute Gasteiger partial charge is 0.323 e. The van der Waals surface area contributed by atoms with Gasteiger partial charge < -0.3 is 15.2 Å². The van der Waals surface area contributed by atoms with Gasteiger partial charge in [-0.25, -0.2) is 0 Å². The fourth-order valence-corrected chi connectivity index (χ4v) is 1.82. The lowest BCUT2D eigenvalue weighted by atomic mass is 10.1. The third kappa shape index (κ3) is 7.14. The molecule has 1 aromatic rings. The van der Waals surface area contributed by atoms with Gasteiger partial charge in [-0.3, -0.25) is 4.79 Å². The standard InChI is InChI=1S/C17H27NO3/c1-3-5-11-20-15-9-7-14(8-10-15)13-16(18)17(19)21-12-6-4-2/h7-10,16H,3-6,11-13,18H2,1-2H3. The highest BCUT2D eigenvalue weighted by atomic mass is 16.5. The normalized spacial score (nSPS) is 12.0. The Morgan fingerprint density at radius 3 is 2.33 bits per heavy atom. The monoisotopic (exact) mass is 293 g/mol. The highest BCUT2D eigenvalue weighted by Crippen LogP contribution is 2.14. The average Bonchev–Trinajstić information content (AvgIpc) is 2.49. The first-order chi connectivity index (χ1) is 10.2. The van der Waals surface area contributed by atoms with Crippen molar-refractivity contribution in [2.75, 3.05) is 13.2 Å². The van der Waals surface area contributed by atoms with Crippen LogP contribution in [0.3, 0.4) is 0 Å². The van der Waals surface area contributed by atoms with Crippen LogP contribution in [0.1, 0.15) is 45.1 Å². The van der Waals surface area contributed by atoms with Gasteiger partial charge in [-0.1, -0.05) is 38.8 Å². The second-order valence-corrected chi connectivity index (χ2v) is 5.18. The Hall–Kier alpha value is -1.55. The molecular formula is C17H27NO3. The summed E-state index contributed by atoms with van der Waals surface area (Å²) < 4.78 is 10.7. The van der Waals surface area contributed by atoms with Crippen LogP contribution in [0, 0.1) is 0 Å². The molecule has 0 amide bonds. The molecule has 0 aliphatic rings. The van der Waals surface area contributed by atoms with Crippen LogP contribution in [0.5, 0.6) is 5.75 Å². The first-order valence-electron chi connectivity index (χ1n) is 7.81. The predicted molar refractivity (Wildman–Crippen MR) is 84.4 cm³/mol. The van der Waals surface area contributed by atoms with Gasteiger partial charge in [0.25, 0.3) is 0 Å². The van der Waals surface area contributed by atoms with Crippen LogP contribution in [-0.2, 0) is 16.0 Å². The summed E-state index contributed by atoms with van der Waals surface area (Å²) in [6.07, 6.45) is 4.54. The fraction of sp³-hybridized carbons (Fsp3) is 0.588. The second kappa shape index (κ2) is 10.2. The lowest BCUT2D eigenvalue weighted by Gasteiger charge is -2.12. The van der Waals surface area contributed by atoms with Gasteiger partial charge in [-0.05, 0) is 37.0 Å². The first kappa shape index (κ1) is 17.5. The van der Waals surface area contributed by atoms with E-state index in [0.717, 1.165) is 43.6 Å². The number of ether oxygens (including phenoxy) is 2. The van der Waals surface area contributed by atoms with Crippen molar-refractivity contribution in [2.45, 2.75) is 52.0 Å². The molecule has 0 bridgehead atoms. The number of carbonyl (C=O) groups is 1. The van der Waals surface area contributed by atoms with Crippen LogP contribution in [0.2, 0.25) is 0 Å². The minimum atomic E-state index is -0.603. The zero-order chi connectivity index (χ0) is 15.5. The third-order valence-electron chi connectivity index (χ3n) is 3.19. The number of unbranched alkanes of at least 4 members (excludes halogenated alkanes) is 2. The summed E-state index contributed by atoms with van der Waals surface area (Å²) >= 11 is 0. The summed E-state index contributed by atoms with van der Waals surface area (Å²) in [4.78, 5) is 11.7. The molecule has 2 N–H and O–H groups in total. The molecule has 0 saturated carbocycles. The number of benzene rings is 1. The molecule has 0 spiro atoms. The van der Waals surface area contributed by atoms with Crippen molar-refractivity contribution in [2.24, 2.45) is 5.73 Å². The number of rotatable bonds is 10. The zero-order valence-electron chi connectivity index (χ0n) is 13.1. The van der Waals surface area contributed by atoms with E-state index in [-0.39, 0.29) is 5.97 Å². The Balaban J connectivity index is 2.38. The molecule has 0 heterocycles. The molecule has 4 heteroatoms. The molecule has 0 radical (unpaired) electrons. The molecule has 0 aromatic heterocycles. The van der Waals surface area contributed by atoms with E-state index in [1.54, 1.807) is 0 Å². The van der Waals surface area contributed by atoms with Gasteiger partial charge in [0.05, 0.1) is 13.2 Å².